The molecular formula is C36H67N3O7. The van der Waals surface area contributed by atoms with Gasteiger partial charge in [-0.1, -0.05) is 13.8 Å². The Morgan fingerprint density at radius 1 is 1.07 bits per heavy atom. The summed E-state index contributed by atoms with van der Waals surface area (Å²) >= 11 is 0. The molecular weight excluding hydrogens is 586 g/mol. The molecule has 0 aromatic carbocycles. The van der Waals surface area contributed by atoms with E-state index in [1.54, 1.807) is 27.9 Å². The predicted octanol–water partition coefficient (Wildman–Crippen LogP) is 4.07. The van der Waals surface area contributed by atoms with E-state index in [0.717, 1.165) is 32.5 Å². The second kappa shape index (κ2) is 16.0. The first-order valence-corrected chi connectivity index (χ1v) is 17.7. The number of carbonyl (C=O) groups is 2. The minimum Gasteiger partial charge on any atom is -0.460 e. The van der Waals surface area contributed by atoms with Crippen molar-refractivity contribution in [2.24, 2.45) is 29.1 Å². The highest BCUT2D eigenvalue weighted by Gasteiger charge is 2.52. The zero-order chi connectivity index (χ0) is 34.7. The van der Waals surface area contributed by atoms with Gasteiger partial charge in [0.1, 0.15) is 17.6 Å². The molecule has 0 aromatic heterocycles. The summed E-state index contributed by atoms with van der Waals surface area (Å²) in [5.74, 6) is -1.06. The van der Waals surface area contributed by atoms with Crippen LogP contribution in [0.2, 0.25) is 0 Å². The van der Waals surface area contributed by atoms with E-state index in [2.05, 4.69) is 42.5 Å². The molecule has 3 rings (SSSR count). The number of ketones is 1. The van der Waals surface area contributed by atoms with Gasteiger partial charge in [0, 0.05) is 44.1 Å². The summed E-state index contributed by atoms with van der Waals surface area (Å²) in [6.07, 6.45) is 0.268. The molecule has 3 aliphatic rings. The van der Waals surface area contributed by atoms with Crippen molar-refractivity contribution in [1.82, 2.24) is 14.7 Å². The number of aliphatic hydroxyl groups excluding tert-OH is 1. The van der Waals surface area contributed by atoms with E-state index in [-0.39, 0.29) is 35.9 Å². The molecule has 3 heterocycles. The van der Waals surface area contributed by atoms with E-state index in [0.29, 0.717) is 31.3 Å². The topological polar surface area (TPSA) is 101 Å². The number of cyclic esters (lactones) is 1. The maximum atomic E-state index is 14.4. The lowest BCUT2D eigenvalue weighted by Crippen LogP contribution is -2.57. The second-order valence-corrected chi connectivity index (χ2v) is 16.2. The highest BCUT2D eigenvalue weighted by molar-refractivity contribution is 6.04. The smallest absolute Gasteiger partial charge is 0.319 e. The lowest BCUT2D eigenvalue weighted by Gasteiger charge is -2.46. The van der Waals surface area contributed by atoms with Gasteiger partial charge in [-0.2, -0.15) is 0 Å². The number of likely N-dealkylation sites (N-methyl/N-ethyl adjacent to an activating group) is 1. The van der Waals surface area contributed by atoms with Crippen molar-refractivity contribution < 1.29 is 33.6 Å². The van der Waals surface area contributed by atoms with E-state index in [4.69, 9.17) is 18.9 Å². The summed E-state index contributed by atoms with van der Waals surface area (Å²) in [4.78, 5) is 35.2. The average molecular weight is 654 g/mol. The van der Waals surface area contributed by atoms with Gasteiger partial charge in [-0.3, -0.25) is 14.5 Å². The minimum absolute atomic E-state index is 0.0199. The van der Waals surface area contributed by atoms with E-state index in [9.17, 15) is 14.7 Å². The zero-order valence-electron chi connectivity index (χ0n) is 31.2. The lowest BCUT2D eigenvalue weighted by atomic mass is 9.74. The number of hydrogen-bond donors (Lipinski definition) is 1. The van der Waals surface area contributed by atoms with Crippen LogP contribution in [0.15, 0.2) is 0 Å². The van der Waals surface area contributed by atoms with Gasteiger partial charge in [0.25, 0.3) is 0 Å². The molecule has 3 aliphatic heterocycles. The van der Waals surface area contributed by atoms with Crippen LogP contribution in [-0.2, 0) is 28.5 Å². The summed E-state index contributed by atoms with van der Waals surface area (Å²) in [6.45, 7) is 21.3. The third-order valence-electron chi connectivity index (χ3n) is 11.1. The summed E-state index contributed by atoms with van der Waals surface area (Å²) in [5.41, 5.74) is -2.32. The molecule has 0 radical (unpaired) electrons. The quantitative estimate of drug-likeness (QED) is 0.320. The van der Waals surface area contributed by atoms with Gasteiger partial charge < -0.3 is 33.9 Å². The number of nitrogens with zero attached hydrogens (tertiary/aromatic N) is 3. The fourth-order valence-electron chi connectivity index (χ4n) is 8.61. The Labute approximate surface area is 279 Å². The number of carbonyl (C=O) groups excluding carboxylic acids is 2. The minimum atomic E-state index is -1.42. The predicted molar refractivity (Wildman–Crippen MR) is 180 cm³/mol. The lowest BCUT2D eigenvalue weighted by molar-refractivity contribution is -0.297. The van der Waals surface area contributed by atoms with Crippen molar-refractivity contribution in [2.45, 2.75) is 136 Å². The number of esters is 1. The van der Waals surface area contributed by atoms with Crippen LogP contribution in [0.4, 0.5) is 0 Å². The van der Waals surface area contributed by atoms with Crippen LogP contribution in [0.25, 0.3) is 0 Å². The first-order valence-electron chi connectivity index (χ1n) is 17.7. The van der Waals surface area contributed by atoms with E-state index in [1.807, 2.05) is 34.9 Å². The van der Waals surface area contributed by atoms with E-state index in [1.165, 1.54) is 0 Å². The van der Waals surface area contributed by atoms with Crippen LogP contribution in [0.5, 0.6) is 0 Å². The number of piperidine rings is 1. The highest BCUT2D eigenvalue weighted by atomic mass is 16.7. The van der Waals surface area contributed by atoms with Gasteiger partial charge in [0.05, 0.1) is 17.8 Å². The molecule has 3 fully saturated rings. The van der Waals surface area contributed by atoms with Gasteiger partial charge in [0.2, 0.25) is 0 Å². The first-order chi connectivity index (χ1) is 21.3. The van der Waals surface area contributed by atoms with Crippen LogP contribution in [0, 0.1) is 29.1 Å². The molecule has 0 spiro atoms. The molecule has 10 heteroatoms. The van der Waals surface area contributed by atoms with Gasteiger partial charge in [-0.25, -0.2) is 0 Å². The van der Waals surface area contributed by atoms with Gasteiger partial charge in [0.15, 0.2) is 12.1 Å². The van der Waals surface area contributed by atoms with Crippen molar-refractivity contribution in [3.8, 4) is 0 Å². The summed E-state index contributed by atoms with van der Waals surface area (Å²) in [5, 5.41) is 11.4. The normalized spacial score (nSPS) is 40.0. The molecule has 268 valence electrons. The monoisotopic (exact) mass is 653 g/mol. The highest BCUT2D eigenvalue weighted by Crippen LogP contribution is 2.39. The molecule has 0 amide bonds. The fourth-order valence-corrected chi connectivity index (χ4v) is 8.61. The van der Waals surface area contributed by atoms with Gasteiger partial charge >= 0.3 is 5.97 Å². The van der Waals surface area contributed by atoms with Crippen LogP contribution in [-0.4, -0.2) is 134 Å². The molecule has 1 N–H and O–H groups in total. The molecule has 10 atom stereocenters. The number of rotatable bonds is 7. The van der Waals surface area contributed by atoms with Crippen LogP contribution in [0.3, 0.4) is 0 Å². The van der Waals surface area contributed by atoms with Crippen molar-refractivity contribution in [3.63, 3.8) is 0 Å². The number of aliphatic hydroxyl groups is 1. The Kier molecular flexibility index (Phi) is 13.7. The second-order valence-electron chi connectivity index (χ2n) is 16.2. The molecule has 0 aromatic rings. The molecule has 3 saturated heterocycles. The summed E-state index contributed by atoms with van der Waals surface area (Å²) < 4.78 is 25.4. The van der Waals surface area contributed by atoms with E-state index < -0.39 is 41.4 Å². The van der Waals surface area contributed by atoms with Gasteiger partial charge in [-0.15, -0.1) is 0 Å². The molecule has 0 saturated carbocycles. The first kappa shape index (κ1) is 39.3. The SMILES string of the molecule is CO[C@]1(C)C[C@@H](C)CN(C)C(C2CCN(C(C)C)CC2)[C@H](C)OC(=O)C(C)(C)C(=O)[C@H](C)[C@H]1O[C@@H]1O[C@H](C)CC(CN(C)C)[C@H]1O. The Morgan fingerprint density at radius 2 is 1.67 bits per heavy atom. The number of hydrogen-bond acceptors (Lipinski definition) is 10. The van der Waals surface area contributed by atoms with Crippen molar-refractivity contribution in [1.29, 1.82) is 0 Å². The third kappa shape index (κ3) is 9.10. The molecule has 46 heavy (non-hydrogen) atoms. The van der Waals surface area contributed by atoms with Gasteiger partial charge in [-0.05, 0) is 120 Å². The Hall–Kier alpha value is -1.14. The fraction of sp³-hybridized carbons (Fsp3) is 0.944. The molecule has 0 aliphatic carbocycles. The maximum Gasteiger partial charge on any atom is 0.319 e. The Morgan fingerprint density at radius 3 is 2.22 bits per heavy atom. The molecule has 0 bridgehead atoms. The summed E-state index contributed by atoms with van der Waals surface area (Å²) in [6, 6.07) is 0.526. The van der Waals surface area contributed by atoms with Crippen LogP contribution >= 0.6 is 0 Å². The van der Waals surface area contributed by atoms with E-state index >= 15 is 0 Å². The number of ether oxygens (including phenoxy) is 4. The van der Waals surface area contributed by atoms with Crippen LogP contribution in [0.1, 0.15) is 88.0 Å². The standard InChI is InChI=1S/C36H67N3O7/c1-22(2)39-16-14-27(15-17-39)29-26(6)45-34(42)35(7,8)31(41)25(5)32(36(9,43-13)19-23(3)20-38(29)12)46-33-30(40)28(21-37(10)11)18-24(4)44-33/h22-30,32-33,40H,14-21H2,1-13H3/t23-,24-,25+,26+,28?,29?,30-,32-,33+,36-/m1/s1. The Bertz CT molecular complexity index is 998. The molecule has 10 nitrogen and oxygen atoms in total. The van der Waals surface area contributed by atoms with Crippen molar-refractivity contribution in [3.05, 3.63) is 0 Å². The zero-order valence-corrected chi connectivity index (χ0v) is 31.2. The largest absolute Gasteiger partial charge is 0.460 e. The van der Waals surface area contributed by atoms with Crippen LogP contribution < -0.4 is 0 Å². The number of Topliss-reactive ketones (excluding diaryl/α,β-unsaturated/α-hetero) is 1. The maximum absolute atomic E-state index is 14.4. The van der Waals surface area contributed by atoms with Crippen molar-refractivity contribution in [2.75, 3.05) is 54.4 Å². The molecule has 2 unspecified atom stereocenters. The Balaban J connectivity index is 1.99. The number of likely N-dealkylation sites (tertiary alicyclic amines) is 1. The van der Waals surface area contributed by atoms with Crippen molar-refractivity contribution >= 4 is 11.8 Å². The summed E-state index contributed by atoms with van der Waals surface area (Å²) in [7, 11) is 7.76. The average Bonchev–Trinajstić information content (AvgIpc) is 2.96. The third-order valence-corrected chi connectivity index (χ3v) is 11.1. The number of methoxy groups -OCH3 is 1.